The second-order valence-electron chi connectivity index (χ2n) is 2.85. The Bertz CT molecular complexity index is 427. The van der Waals surface area contributed by atoms with Crippen LogP contribution in [0.2, 0.25) is 0 Å². The summed E-state index contributed by atoms with van der Waals surface area (Å²) in [6.07, 6.45) is 0. The molecule has 1 heterocycles. The van der Waals surface area contributed by atoms with Gasteiger partial charge in [0, 0.05) is 19.7 Å². The topological polar surface area (TPSA) is 101 Å². The number of ether oxygens (including phenoxy) is 1. The number of rotatable bonds is 5. The van der Waals surface area contributed by atoms with Crippen molar-refractivity contribution >= 4 is 11.5 Å². The van der Waals surface area contributed by atoms with Gasteiger partial charge in [0.2, 0.25) is 5.69 Å². The zero-order valence-corrected chi connectivity index (χ0v) is 8.64. The lowest BCUT2D eigenvalue weighted by Crippen LogP contribution is -2.09. The van der Waals surface area contributed by atoms with Crippen LogP contribution in [-0.4, -0.2) is 30.2 Å². The van der Waals surface area contributed by atoms with Crippen LogP contribution in [0.3, 0.4) is 0 Å². The fraction of sp³-hybridized carbons (Fsp3) is 0.333. The van der Waals surface area contributed by atoms with Crippen LogP contribution in [0.25, 0.3) is 0 Å². The fourth-order valence-corrected chi connectivity index (χ4v) is 1.06. The smallest absolute Gasteiger partial charge is 0.305 e. The van der Waals surface area contributed by atoms with Crippen molar-refractivity contribution in [3.8, 4) is 6.07 Å². The van der Waals surface area contributed by atoms with Gasteiger partial charge in [-0.2, -0.15) is 5.26 Å². The first-order chi connectivity index (χ1) is 7.69. The largest absolute Gasteiger partial charge is 0.383 e. The number of nitro groups is 1. The Morgan fingerprint density at radius 2 is 2.44 bits per heavy atom. The number of methoxy groups -OCH3 is 1. The van der Waals surface area contributed by atoms with Gasteiger partial charge < -0.3 is 10.1 Å². The number of nitriles is 1. The number of pyridine rings is 1. The summed E-state index contributed by atoms with van der Waals surface area (Å²) in [5.74, 6) is 0.416. The van der Waals surface area contributed by atoms with Crippen molar-refractivity contribution in [1.29, 1.82) is 5.26 Å². The van der Waals surface area contributed by atoms with E-state index in [0.717, 1.165) is 0 Å². The first kappa shape index (κ1) is 11.9. The predicted octanol–water partition coefficient (Wildman–Crippen LogP) is 0.920. The van der Waals surface area contributed by atoms with Crippen molar-refractivity contribution in [3.63, 3.8) is 0 Å². The van der Waals surface area contributed by atoms with Gasteiger partial charge in [0.05, 0.1) is 11.5 Å². The van der Waals surface area contributed by atoms with Gasteiger partial charge in [-0.1, -0.05) is 0 Å². The molecule has 1 aromatic heterocycles. The van der Waals surface area contributed by atoms with Crippen LogP contribution >= 0.6 is 0 Å². The predicted molar refractivity (Wildman–Crippen MR) is 56.0 cm³/mol. The van der Waals surface area contributed by atoms with Gasteiger partial charge in [0.1, 0.15) is 11.9 Å². The molecule has 0 saturated carbocycles. The Morgan fingerprint density at radius 3 is 3.00 bits per heavy atom. The number of hydrogen-bond acceptors (Lipinski definition) is 6. The summed E-state index contributed by atoms with van der Waals surface area (Å²) in [5, 5.41) is 22.1. The third kappa shape index (κ3) is 2.90. The maximum absolute atomic E-state index is 10.5. The number of aromatic nitrogens is 1. The van der Waals surface area contributed by atoms with Gasteiger partial charge in [-0.3, -0.25) is 10.1 Å². The van der Waals surface area contributed by atoms with Crippen molar-refractivity contribution in [2.45, 2.75) is 0 Å². The van der Waals surface area contributed by atoms with Crippen LogP contribution in [0.5, 0.6) is 0 Å². The van der Waals surface area contributed by atoms with Gasteiger partial charge in [-0.25, -0.2) is 4.98 Å². The van der Waals surface area contributed by atoms with Crippen LogP contribution in [-0.2, 0) is 4.74 Å². The summed E-state index contributed by atoms with van der Waals surface area (Å²) < 4.78 is 4.82. The Morgan fingerprint density at radius 1 is 1.69 bits per heavy atom. The molecule has 0 unspecified atom stereocenters. The summed E-state index contributed by atoms with van der Waals surface area (Å²) in [6, 6.07) is 4.39. The molecule has 0 saturated heterocycles. The zero-order valence-electron chi connectivity index (χ0n) is 8.64. The fourth-order valence-electron chi connectivity index (χ4n) is 1.06. The standard InChI is InChI=1S/C9H10N4O3/c1-16-5-4-11-9-3-2-8(13(14)15)7(6-10)12-9/h2-3H,4-5H2,1H3,(H,11,12). The molecule has 1 N–H and O–H groups in total. The maximum Gasteiger partial charge on any atom is 0.305 e. The molecule has 0 amide bonds. The molecule has 0 aliphatic heterocycles. The highest BCUT2D eigenvalue weighted by atomic mass is 16.6. The number of hydrogen-bond donors (Lipinski definition) is 1. The van der Waals surface area contributed by atoms with E-state index in [1.807, 2.05) is 0 Å². The molecule has 0 aliphatic carbocycles. The molecule has 16 heavy (non-hydrogen) atoms. The van der Waals surface area contributed by atoms with E-state index in [-0.39, 0.29) is 11.4 Å². The molecule has 7 nitrogen and oxygen atoms in total. The molecular weight excluding hydrogens is 212 g/mol. The van der Waals surface area contributed by atoms with Gasteiger partial charge in [-0.05, 0) is 6.07 Å². The van der Waals surface area contributed by atoms with Gasteiger partial charge >= 0.3 is 5.69 Å². The summed E-state index contributed by atoms with van der Waals surface area (Å²) in [7, 11) is 1.56. The summed E-state index contributed by atoms with van der Waals surface area (Å²) in [6.45, 7) is 1.01. The third-order valence-electron chi connectivity index (χ3n) is 1.79. The van der Waals surface area contributed by atoms with Crippen molar-refractivity contribution in [2.75, 3.05) is 25.6 Å². The molecular formula is C9H10N4O3. The summed E-state index contributed by atoms with van der Waals surface area (Å²) in [5.41, 5.74) is -0.493. The molecule has 0 spiro atoms. The molecule has 0 radical (unpaired) electrons. The molecule has 7 heteroatoms. The maximum atomic E-state index is 10.5. The minimum absolute atomic E-state index is 0.201. The van der Waals surface area contributed by atoms with Crippen molar-refractivity contribution in [1.82, 2.24) is 4.98 Å². The molecule has 0 bridgehead atoms. The molecule has 0 fully saturated rings. The number of nitrogens with one attached hydrogen (secondary N) is 1. The normalized spacial score (nSPS) is 9.50. The average molecular weight is 222 g/mol. The van der Waals surface area contributed by atoms with E-state index in [2.05, 4.69) is 10.3 Å². The number of anilines is 1. The molecule has 0 aliphatic rings. The Labute approximate surface area is 91.8 Å². The van der Waals surface area contributed by atoms with Crippen LogP contribution in [0.1, 0.15) is 5.69 Å². The Hall–Kier alpha value is -2.20. The van der Waals surface area contributed by atoms with Crippen LogP contribution in [0.4, 0.5) is 11.5 Å². The summed E-state index contributed by atoms with van der Waals surface area (Å²) in [4.78, 5) is 13.7. The van der Waals surface area contributed by atoms with E-state index in [1.165, 1.54) is 12.1 Å². The van der Waals surface area contributed by atoms with Crippen LogP contribution in [0, 0.1) is 21.4 Å². The highest BCUT2D eigenvalue weighted by Crippen LogP contribution is 2.17. The van der Waals surface area contributed by atoms with Crippen LogP contribution < -0.4 is 5.32 Å². The second kappa shape index (κ2) is 5.63. The van der Waals surface area contributed by atoms with E-state index >= 15 is 0 Å². The van der Waals surface area contributed by atoms with E-state index in [0.29, 0.717) is 19.0 Å². The average Bonchev–Trinajstić information content (AvgIpc) is 2.29. The van der Waals surface area contributed by atoms with E-state index in [9.17, 15) is 10.1 Å². The minimum Gasteiger partial charge on any atom is -0.383 e. The van der Waals surface area contributed by atoms with Crippen molar-refractivity contribution in [2.24, 2.45) is 0 Å². The Kier molecular flexibility index (Phi) is 4.17. The zero-order chi connectivity index (χ0) is 12.0. The summed E-state index contributed by atoms with van der Waals surface area (Å²) >= 11 is 0. The molecule has 0 atom stereocenters. The molecule has 1 aromatic rings. The van der Waals surface area contributed by atoms with E-state index in [4.69, 9.17) is 10.00 Å². The van der Waals surface area contributed by atoms with Crippen molar-refractivity contribution in [3.05, 3.63) is 27.9 Å². The highest BCUT2D eigenvalue weighted by Gasteiger charge is 2.15. The quantitative estimate of drug-likeness (QED) is 0.451. The second-order valence-corrected chi connectivity index (χ2v) is 2.85. The van der Waals surface area contributed by atoms with E-state index < -0.39 is 4.92 Å². The lowest BCUT2D eigenvalue weighted by molar-refractivity contribution is -0.385. The van der Waals surface area contributed by atoms with Gasteiger partial charge in [0.25, 0.3) is 0 Å². The first-order valence-corrected chi connectivity index (χ1v) is 4.47. The molecule has 1 rings (SSSR count). The molecule has 0 aromatic carbocycles. The van der Waals surface area contributed by atoms with Crippen LogP contribution in [0.15, 0.2) is 12.1 Å². The SMILES string of the molecule is COCCNc1ccc([N+](=O)[O-])c(C#N)n1. The lowest BCUT2D eigenvalue weighted by Gasteiger charge is -2.04. The first-order valence-electron chi connectivity index (χ1n) is 4.47. The Balaban J connectivity index is 2.84. The van der Waals surface area contributed by atoms with Gasteiger partial charge in [-0.15, -0.1) is 0 Å². The monoisotopic (exact) mass is 222 g/mol. The minimum atomic E-state index is -0.634. The molecule has 84 valence electrons. The van der Waals surface area contributed by atoms with Crippen molar-refractivity contribution < 1.29 is 9.66 Å². The highest BCUT2D eigenvalue weighted by molar-refractivity contribution is 5.50. The number of nitrogens with zero attached hydrogens (tertiary/aromatic N) is 3. The van der Waals surface area contributed by atoms with E-state index in [1.54, 1.807) is 13.2 Å². The lowest BCUT2D eigenvalue weighted by atomic mass is 10.3. The third-order valence-corrected chi connectivity index (χ3v) is 1.79. The van der Waals surface area contributed by atoms with Gasteiger partial charge in [0.15, 0.2) is 0 Å².